The van der Waals surface area contributed by atoms with Crippen molar-refractivity contribution in [1.82, 2.24) is 10.6 Å². The molecule has 1 aromatic carbocycles. The van der Waals surface area contributed by atoms with Gasteiger partial charge in [0.15, 0.2) is 17.2 Å². The van der Waals surface area contributed by atoms with Gasteiger partial charge < -0.3 is 15.4 Å². The molecule has 0 bridgehead atoms. The first-order valence-corrected chi connectivity index (χ1v) is 7.42. The average molecular weight is 315 g/mol. The van der Waals surface area contributed by atoms with Crippen LogP contribution in [0.5, 0.6) is 5.75 Å². The Labute approximate surface area is 129 Å². The largest absolute Gasteiger partial charge is 0.475 e. The van der Waals surface area contributed by atoms with Crippen molar-refractivity contribution in [3.63, 3.8) is 0 Å². The minimum atomic E-state index is -1.15. The van der Waals surface area contributed by atoms with Gasteiger partial charge in [-0.1, -0.05) is 11.6 Å². The lowest BCUT2D eigenvalue weighted by Gasteiger charge is -2.30. The van der Waals surface area contributed by atoms with Crippen molar-refractivity contribution >= 4 is 17.5 Å². The molecule has 0 aliphatic carbocycles. The molecule has 0 atom stereocenters. The van der Waals surface area contributed by atoms with Crippen LogP contribution in [0.25, 0.3) is 0 Å². The lowest BCUT2D eigenvalue weighted by atomic mass is 10.0. The molecule has 1 aliphatic heterocycles. The highest BCUT2D eigenvalue weighted by Crippen LogP contribution is 2.25. The minimum absolute atomic E-state index is 0.0184. The molecule has 0 unspecified atom stereocenters. The lowest BCUT2D eigenvalue weighted by molar-refractivity contribution is -0.135. The maximum atomic E-state index is 13.8. The van der Waals surface area contributed by atoms with Gasteiger partial charge in [0.2, 0.25) is 0 Å². The number of ether oxygens (including phenoxy) is 1. The second-order valence-corrected chi connectivity index (χ2v) is 6.12. The van der Waals surface area contributed by atoms with E-state index >= 15 is 0 Å². The number of rotatable bonds is 4. The third-order valence-electron chi connectivity index (χ3n) is 3.48. The summed E-state index contributed by atoms with van der Waals surface area (Å²) >= 11 is 5.70. The zero-order valence-electron chi connectivity index (χ0n) is 12.2. The Bertz CT molecular complexity index is 516. The number of carbonyl (C=O) groups is 1. The molecule has 6 heteroatoms. The van der Waals surface area contributed by atoms with Crippen molar-refractivity contribution < 1.29 is 13.9 Å². The highest BCUT2D eigenvalue weighted by Gasteiger charge is 2.32. The van der Waals surface area contributed by atoms with Crippen LogP contribution in [-0.4, -0.2) is 30.6 Å². The predicted octanol–water partition coefficient (Wildman–Crippen LogP) is 2.50. The molecule has 1 aliphatic rings. The van der Waals surface area contributed by atoms with Gasteiger partial charge in [-0.05, 0) is 58.0 Å². The van der Waals surface area contributed by atoms with E-state index in [0.29, 0.717) is 0 Å². The topological polar surface area (TPSA) is 50.4 Å². The Kier molecular flexibility index (Phi) is 5.06. The summed E-state index contributed by atoms with van der Waals surface area (Å²) in [6.45, 7) is 5.02. The van der Waals surface area contributed by atoms with Gasteiger partial charge in [-0.15, -0.1) is 0 Å². The summed E-state index contributed by atoms with van der Waals surface area (Å²) in [6, 6.07) is 4.26. The Hall–Kier alpha value is -1.33. The summed E-state index contributed by atoms with van der Waals surface area (Å²) in [4.78, 5) is 12.3. The smallest absolute Gasteiger partial charge is 0.263 e. The van der Waals surface area contributed by atoms with Crippen LogP contribution in [0.2, 0.25) is 5.02 Å². The van der Waals surface area contributed by atoms with Gasteiger partial charge in [0.05, 0.1) is 0 Å². The standard InChI is InChI=1S/C15H20ClFN2O2/c1-15(2,14(20)19-11-5-7-18-8-6-11)21-13-4-3-10(16)9-12(13)17/h3-4,9,11,18H,5-8H2,1-2H3,(H,19,20). The molecular formula is C15H20ClFN2O2. The lowest BCUT2D eigenvalue weighted by Crippen LogP contribution is -2.52. The Balaban J connectivity index is 2.00. The molecule has 1 heterocycles. The first kappa shape index (κ1) is 16.0. The second kappa shape index (κ2) is 6.62. The van der Waals surface area contributed by atoms with Crippen LogP contribution in [0.1, 0.15) is 26.7 Å². The molecule has 1 saturated heterocycles. The molecule has 0 aromatic heterocycles. The van der Waals surface area contributed by atoms with Gasteiger partial charge in [-0.3, -0.25) is 4.79 Å². The Morgan fingerprint density at radius 1 is 1.43 bits per heavy atom. The zero-order valence-corrected chi connectivity index (χ0v) is 13.0. The Morgan fingerprint density at radius 3 is 2.71 bits per heavy atom. The Morgan fingerprint density at radius 2 is 2.10 bits per heavy atom. The maximum absolute atomic E-state index is 13.8. The van der Waals surface area contributed by atoms with E-state index in [1.54, 1.807) is 13.8 Å². The predicted molar refractivity (Wildman–Crippen MR) is 80.2 cm³/mol. The fourth-order valence-electron chi connectivity index (χ4n) is 2.20. The molecule has 2 N–H and O–H groups in total. The van der Waals surface area contributed by atoms with Crippen molar-refractivity contribution in [3.05, 3.63) is 29.0 Å². The summed E-state index contributed by atoms with van der Waals surface area (Å²) in [5, 5.41) is 6.48. The van der Waals surface area contributed by atoms with E-state index in [-0.39, 0.29) is 22.7 Å². The van der Waals surface area contributed by atoms with Crippen molar-refractivity contribution in [1.29, 1.82) is 0 Å². The van der Waals surface area contributed by atoms with Gasteiger partial charge in [-0.2, -0.15) is 0 Å². The number of piperidine rings is 1. The number of hydrogen-bond acceptors (Lipinski definition) is 3. The monoisotopic (exact) mass is 314 g/mol. The number of hydrogen-bond donors (Lipinski definition) is 2. The van der Waals surface area contributed by atoms with E-state index in [9.17, 15) is 9.18 Å². The molecular weight excluding hydrogens is 295 g/mol. The van der Waals surface area contributed by atoms with Crippen LogP contribution in [0, 0.1) is 5.82 Å². The van der Waals surface area contributed by atoms with E-state index < -0.39 is 11.4 Å². The van der Waals surface area contributed by atoms with Crippen LogP contribution < -0.4 is 15.4 Å². The van der Waals surface area contributed by atoms with Gasteiger partial charge in [0, 0.05) is 11.1 Å². The summed E-state index contributed by atoms with van der Waals surface area (Å²) in [6.07, 6.45) is 1.77. The molecule has 2 rings (SSSR count). The minimum Gasteiger partial charge on any atom is -0.475 e. The summed E-state index contributed by atoms with van der Waals surface area (Å²) in [7, 11) is 0. The molecule has 4 nitrogen and oxygen atoms in total. The number of benzene rings is 1. The van der Waals surface area contributed by atoms with Gasteiger partial charge >= 0.3 is 0 Å². The molecule has 21 heavy (non-hydrogen) atoms. The highest BCUT2D eigenvalue weighted by molar-refractivity contribution is 6.30. The first-order chi connectivity index (χ1) is 9.88. The van der Waals surface area contributed by atoms with Crippen LogP contribution in [-0.2, 0) is 4.79 Å². The summed E-state index contributed by atoms with van der Waals surface area (Å²) in [5.74, 6) is -0.807. The fraction of sp³-hybridized carbons (Fsp3) is 0.533. The van der Waals surface area contributed by atoms with E-state index in [2.05, 4.69) is 10.6 Å². The van der Waals surface area contributed by atoms with Crippen molar-refractivity contribution in [2.75, 3.05) is 13.1 Å². The molecule has 0 spiro atoms. The molecule has 1 aromatic rings. The van der Waals surface area contributed by atoms with Crippen LogP contribution in [0.4, 0.5) is 4.39 Å². The molecule has 0 saturated carbocycles. The quantitative estimate of drug-likeness (QED) is 0.898. The molecule has 0 radical (unpaired) electrons. The van der Waals surface area contributed by atoms with E-state index in [0.717, 1.165) is 32.0 Å². The molecule has 1 fully saturated rings. The van der Waals surface area contributed by atoms with Gasteiger partial charge in [0.25, 0.3) is 5.91 Å². The van der Waals surface area contributed by atoms with Crippen molar-refractivity contribution in [2.24, 2.45) is 0 Å². The number of nitrogens with one attached hydrogen (secondary N) is 2. The van der Waals surface area contributed by atoms with E-state index in [1.807, 2.05) is 0 Å². The van der Waals surface area contributed by atoms with E-state index in [4.69, 9.17) is 16.3 Å². The molecule has 116 valence electrons. The van der Waals surface area contributed by atoms with Crippen LogP contribution in [0.15, 0.2) is 18.2 Å². The SMILES string of the molecule is CC(C)(Oc1ccc(Cl)cc1F)C(=O)NC1CCNCC1. The van der Waals surface area contributed by atoms with Crippen molar-refractivity contribution in [3.8, 4) is 5.75 Å². The molecule has 1 amide bonds. The number of amides is 1. The highest BCUT2D eigenvalue weighted by atomic mass is 35.5. The fourth-order valence-corrected chi connectivity index (χ4v) is 2.36. The van der Waals surface area contributed by atoms with E-state index in [1.165, 1.54) is 12.1 Å². The summed E-state index contributed by atoms with van der Waals surface area (Å²) in [5.41, 5.74) is -1.15. The van der Waals surface area contributed by atoms with Gasteiger partial charge in [-0.25, -0.2) is 4.39 Å². The van der Waals surface area contributed by atoms with Crippen LogP contribution in [0.3, 0.4) is 0 Å². The first-order valence-electron chi connectivity index (χ1n) is 7.04. The number of halogens is 2. The second-order valence-electron chi connectivity index (χ2n) is 5.68. The normalized spacial score (nSPS) is 16.6. The maximum Gasteiger partial charge on any atom is 0.263 e. The zero-order chi connectivity index (χ0) is 15.5. The van der Waals surface area contributed by atoms with Gasteiger partial charge in [0.1, 0.15) is 0 Å². The number of carbonyl (C=O) groups excluding carboxylic acids is 1. The third kappa shape index (κ3) is 4.32. The van der Waals surface area contributed by atoms with Crippen molar-refractivity contribution in [2.45, 2.75) is 38.3 Å². The average Bonchev–Trinajstić information content (AvgIpc) is 2.43. The third-order valence-corrected chi connectivity index (χ3v) is 3.72. The van der Waals surface area contributed by atoms with Crippen LogP contribution >= 0.6 is 11.6 Å². The summed E-state index contributed by atoms with van der Waals surface area (Å²) < 4.78 is 19.3.